The van der Waals surface area contributed by atoms with Gasteiger partial charge < -0.3 is 5.11 Å². The largest absolute Gasteiger partial charge is 0.481 e. The summed E-state index contributed by atoms with van der Waals surface area (Å²) in [4.78, 5) is 10.7. The van der Waals surface area contributed by atoms with E-state index in [-0.39, 0.29) is 6.42 Å². The zero-order valence-corrected chi connectivity index (χ0v) is 10.7. The van der Waals surface area contributed by atoms with Gasteiger partial charge >= 0.3 is 5.97 Å². The molecule has 1 fully saturated rings. The maximum atomic E-state index is 10.7. The van der Waals surface area contributed by atoms with Gasteiger partial charge in [-0.3, -0.25) is 4.79 Å². The fraction of sp³-hybridized carbons (Fsp3) is 0.500. The van der Waals surface area contributed by atoms with Crippen LogP contribution in [0.5, 0.6) is 0 Å². The second-order valence-electron chi connectivity index (χ2n) is 4.48. The van der Waals surface area contributed by atoms with Gasteiger partial charge in [-0.25, -0.2) is 0 Å². The van der Waals surface area contributed by atoms with Crippen LogP contribution in [0.4, 0.5) is 0 Å². The molecule has 92 valence electrons. The lowest BCUT2D eigenvalue weighted by Gasteiger charge is -2.24. The van der Waals surface area contributed by atoms with Crippen LogP contribution in [0.2, 0.25) is 0 Å². The van der Waals surface area contributed by atoms with Gasteiger partial charge in [0, 0.05) is 6.42 Å². The van der Waals surface area contributed by atoms with Crippen LogP contribution in [0.25, 0.3) is 0 Å². The fourth-order valence-corrected chi connectivity index (χ4v) is 3.52. The van der Waals surface area contributed by atoms with E-state index in [0.717, 1.165) is 0 Å². The molecular formula is C14H18O2S. The van der Waals surface area contributed by atoms with Crippen LogP contribution in [0, 0.1) is 0 Å². The van der Waals surface area contributed by atoms with Crippen LogP contribution < -0.4 is 0 Å². The smallest absolute Gasteiger partial charge is 0.303 e. The predicted octanol–water partition coefficient (Wildman–Crippen LogP) is 3.31. The first kappa shape index (κ1) is 12.5. The van der Waals surface area contributed by atoms with Gasteiger partial charge in [-0.2, -0.15) is 11.8 Å². The third kappa shape index (κ3) is 3.50. The van der Waals surface area contributed by atoms with E-state index in [1.807, 2.05) is 17.8 Å². The zero-order valence-electron chi connectivity index (χ0n) is 9.89. The van der Waals surface area contributed by atoms with Crippen LogP contribution in [-0.2, 0) is 11.2 Å². The molecule has 1 aromatic rings. The summed E-state index contributed by atoms with van der Waals surface area (Å²) in [6.07, 6.45) is 3.36. The van der Waals surface area contributed by atoms with Crippen molar-refractivity contribution < 1.29 is 9.90 Å². The normalized spacial score (nSPS) is 16.9. The first-order valence-corrected chi connectivity index (χ1v) is 7.30. The highest BCUT2D eigenvalue weighted by Gasteiger charge is 2.18. The summed E-state index contributed by atoms with van der Waals surface area (Å²) in [5.74, 6) is 2.40. The van der Waals surface area contributed by atoms with Gasteiger partial charge in [0.2, 0.25) is 0 Å². The maximum Gasteiger partial charge on any atom is 0.303 e. The number of carboxylic acid groups (broad SMARTS) is 1. The third-order valence-corrected chi connectivity index (χ3v) is 4.37. The number of aliphatic carboxylic acids is 1. The van der Waals surface area contributed by atoms with Crippen LogP contribution in [0.3, 0.4) is 0 Å². The monoisotopic (exact) mass is 250 g/mol. The maximum absolute atomic E-state index is 10.7. The highest BCUT2D eigenvalue weighted by Crippen LogP contribution is 2.33. The number of benzene rings is 1. The highest BCUT2D eigenvalue weighted by atomic mass is 32.2. The van der Waals surface area contributed by atoms with Gasteiger partial charge in [0.1, 0.15) is 0 Å². The van der Waals surface area contributed by atoms with Crippen molar-refractivity contribution in [2.24, 2.45) is 0 Å². The Morgan fingerprint density at radius 2 is 2.00 bits per heavy atom. The fourth-order valence-electron chi connectivity index (χ4n) is 2.41. The Kier molecular flexibility index (Phi) is 4.49. The standard InChI is InChI=1S/C14H18O2S/c15-14(16)6-5-11-3-1-2-4-13(11)12-7-9-17-10-8-12/h1-4,12H,5-10H2,(H,15,16). The van der Waals surface area contributed by atoms with Gasteiger partial charge in [0.05, 0.1) is 0 Å². The Labute approximate surface area is 106 Å². The molecule has 0 spiro atoms. The molecular weight excluding hydrogens is 232 g/mol. The summed E-state index contributed by atoms with van der Waals surface area (Å²) >= 11 is 2.02. The Bertz CT molecular complexity index is 384. The number of aryl methyl sites for hydroxylation is 1. The molecule has 2 nitrogen and oxygen atoms in total. The molecule has 0 aliphatic carbocycles. The average Bonchev–Trinajstić information content (AvgIpc) is 2.38. The Hall–Kier alpha value is -0.960. The van der Waals surface area contributed by atoms with Crippen LogP contribution in [0.15, 0.2) is 24.3 Å². The van der Waals surface area contributed by atoms with E-state index in [2.05, 4.69) is 18.2 Å². The van der Waals surface area contributed by atoms with Crippen LogP contribution in [-0.4, -0.2) is 22.6 Å². The van der Waals surface area contributed by atoms with E-state index >= 15 is 0 Å². The summed E-state index contributed by atoms with van der Waals surface area (Å²) in [5.41, 5.74) is 2.61. The van der Waals surface area contributed by atoms with Crippen molar-refractivity contribution in [3.8, 4) is 0 Å². The van der Waals surface area contributed by atoms with Crippen molar-refractivity contribution in [3.05, 3.63) is 35.4 Å². The van der Waals surface area contributed by atoms with E-state index in [1.165, 1.54) is 35.5 Å². The van der Waals surface area contributed by atoms with Crippen molar-refractivity contribution in [3.63, 3.8) is 0 Å². The molecule has 1 saturated heterocycles. The molecule has 1 aliphatic heterocycles. The minimum atomic E-state index is -0.709. The molecule has 0 saturated carbocycles. The lowest BCUT2D eigenvalue weighted by molar-refractivity contribution is -0.136. The highest BCUT2D eigenvalue weighted by molar-refractivity contribution is 7.99. The van der Waals surface area contributed by atoms with Crippen molar-refractivity contribution in [2.45, 2.75) is 31.6 Å². The van der Waals surface area contributed by atoms with E-state index in [1.54, 1.807) is 0 Å². The van der Waals surface area contributed by atoms with E-state index in [4.69, 9.17) is 5.11 Å². The predicted molar refractivity (Wildman–Crippen MR) is 71.7 cm³/mol. The van der Waals surface area contributed by atoms with Crippen molar-refractivity contribution in [2.75, 3.05) is 11.5 Å². The summed E-state index contributed by atoms with van der Waals surface area (Å²) in [5, 5.41) is 8.77. The molecule has 0 unspecified atom stereocenters. The minimum absolute atomic E-state index is 0.235. The molecule has 0 amide bonds. The third-order valence-electron chi connectivity index (χ3n) is 3.32. The number of carboxylic acids is 1. The number of carbonyl (C=O) groups is 1. The molecule has 17 heavy (non-hydrogen) atoms. The molecule has 0 atom stereocenters. The van der Waals surface area contributed by atoms with Gasteiger partial charge in [-0.05, 0) is 47.8 Å². The molecule has 1 heterocycles. The number of rotatable bonds is 4. The van der Waals surface area contributed by atoms with Gasteiger partial charge in [0.15, 0.2) is 0 Å². The van der Waals surface area contributed by atoms with E-state index < -0.39 is 5.97 Å². The summed E-state index contributed by atoms with van der Waals surface area (Å²) in [6, 6.07) is 8.34. The number of hydrogen-bond acceptors (Lipinski definition) is 2. The quantitative estimate of drug-likeness (QED) is 0.890. The van der Waals surface area contributed by atoms with E-state index in [9.17, 15) is 4.79 Å². The van der Waals surface area contributed by atoms with Crippen molar-refractivity contribution in [1.82, 2.24) is 0 Å². The number of thioether (sulfide) groups is 1. The molecule has 3 heteroatoms. The number of hydrogen-bond donors (Lipinski definition) is 1. The SMILES string of the molecule is O=C(O)CCc1ccccc1C1CCSCC1. The Balaban J connectivity index is 2.11. The van der Waals surface area contributed by atoms with Crippen molar-refractivity contribution in [1.29, 1.82) is 0 Å². The zero-order chi connectivity index (χ0) is 12.1. The molecule has 1 aromatic carbocycles. The summed E-state index contributed by atoms with van der Waals surface area (Å²) < 4.78 is 0. The molecule has 2 rings (SSSR count). The van der Waals surface area contributed by atoms with Gasteiger partial charge in [-0.15, -0.1) is 0 Å². The lowest BCUT2D eigenvalue weighted by atomic mass is 9.88. The minimum Gasteiger partial charge on any atom is -0.481 e. The lowest BCUT2D eigenvalue weighted by Crippen LogP contribution is -2.10. The Morgan fingerprint density at radius 1 is 1.29 bits per heavy atom. The summed E-state index contributed by atoms with van der Waals surface area (Å²) in [6.45, 7) is 0. The molecule has 0 bridgehead atoms. The molecule has 0 aromatic heterocycles. The average molecular weight is 250 g/mol. The van der Waals surface area contributed by atoms with E-state index in [0.29, 0.717) is 12.3 Å². The van der Waals surface area contributed by atoms with Crippen LogP contribution >= 0.6 is 11.8 Å². The van der Waals surface area contributed by atoms with Crippen molar-refractivity contribution >= 4 is 17.7 Å². The first-order chi connectivity index (χ1) is 8.27. The molecule has 0 radical (unpaired) electrons. The van der Waals surface area contributed by atoms with Gasteiger partial charge in [-0.1, -0.05) is 24.3 Å². The van der Waals surface area contributed by atoms with Crippen LogP contribution in [0.1, 0.15) is 36.3 Å². The summed E-state index contributed by atoms with van der Waals surface area (Å²) in [7, 11) is 0. The second kappa shape index (κ2) is 6.10. The van der Waals surface area contributed by atoms with Gasteiger partial charge in [0.25, 0.3) is 0 Å². The molecule has 1 aliphatic rings. The topological polar surface area (TPSA) is 37.3 Å². The molecule has 1 N–H and O–H groups in total. The Morgan fingerprint density at radius 3 is 2.71 bits per heavy atom. The second-order valence-corrected chi connectivity index (χ2v) is 5.70. The first-order valence-electron chi connectivity index (χ1n) is 6.14.